The maximum Gasteiger partial charge on any atom is 0.259 e. The van der Waals surface area contributed by atoms with Crippen LogP contribution >= 0.6 is 0 Å². The van der Waals surface area contributed by atoms with Gasteiger partial charge in [0.05, 0.1) is 18.2 Å². The standard InChI is InChI=1S/C19H19N5O2/c1-2-26-17-9-4-3-8-16(17)19(25)20-14-7-5-6-13(12-14)18-21-22-23-24(18)15-10-11-15/h3-9,12,15H,2,10-11H2,1H3,(H,20,25). The van der Waals surface area contributed by atoms with Crippen LogP contribution < -0.4 is 10.1 Å². The molecule has 0 radical (unpaired) electrons. The first-order chi connectivity index (χ1) is 12.8. The lowest BCUT2D eigenvalue weighted by Gasteiger charge is -2.11. The molecule has 26 heavy (non-hydrogen) atoms. The molecule has 1 fully saturated rings. The third-order valence-electron chi connectivity index (χ3n) is 4.20. The molecule has 0 unspecified atom stereocenters. The second-order valence-corrected chi connectivity index (χ2v) is 6.14. The van der Waals surface area contributed by atoms with Gasteiger partial charge in [0.25, 0.3) is 5.91 Å². The van der Waals surface area contributed by atoms with E-state index in [4.69, 9.17) is 4.74 Å². The minimum Gasteiger partial charge on any atom is -0.493 e. The summed E-state index contributed by atoms with van der Waals surface area (Å²) in [4.78, 5) is 12.7. The highest BCUT2D eigenvalue weighted by atomic mass is 16.5. The number of rotatable bonds is 6. The fourth-order valence-corrected chi connectivity index (χ4v) is 2.82. The number of benzene rings is 2. The number of amides is 1. The zero-order chi connectivity index (χ0) is 17.9. The van der Waals surface area contributed by atoms with E-state index in [0.29, 0.717) is 29.6 Å². The molecule has 0 saturated heterocycles. The van der Waals surface area contributed by atoms with Gasteiger partial charge in [-0.2, -0.15) is 0 Å². The first-order valence-corrected chi connectivity index (χ1v) is 8.67. The Morgan fingerprint density at radius 2 is 2.08 bits per heavy atom. The van der Waals surface area contributed by atoms with E-state index in [2.05, 4.69) is 20.8 Å². The largest absolute Gasteiger partial charge is 0.493 e. The van der Waals surface area contributed by atoms with Crippen molar-refractivity contribution < 1.29 is 9.53 Å². The number of para-hydroxylation sites is 1. The molecule has 1 aliphatic rings. The zero-order valence-electron chi connectivity index (χ0n) is 14.4. The van der Waals surface area contributed by atoms with Gasteiger partial charge in [0.15, 0.2) is 5.82 Å². The van der Waals surface area contributed by atoms with Crippen LogP contribution in [0.4, 0.5) is 5.69 Å². The quantitative estimate of drug-likeness (QED) is 0.738. The molecular formula is C19H19N5O2. The average Bonchev–Trinajstić information content (AvgIpc) is 3.39. The molecule has 1 amide bonds. The summed E-state index contributed by atoms with van der Waals surface area (Å²) in [7, 11) is 0. The topological polar surface area (TPSA) is 81.9 Å². The highest BCUT2D eigenvalue weighted by Crippen LogP contribution is 2.36. The summed E-state index contributed by atoms with van der Waals surface area (Å²) < 4.78 is 7.39. The predicted octanol–water partition coefficient (Wildman–Crippen LogP) is 3.33. The molecule has 1 N–H and O–H groups in total. The van der Waals surface area contributed by atoms with Crippen LogP contribution in [0.25, 0.3) is 11.4 Å². The van der Waals surface area contributed by atoms with Gasteiger partial charge in [-0.25, -0.2) is 4.68 Å². The van der Waals surface area contributed by atoms with Crippen molar-refractivity contribution in [1.29, 1.82) is 0 Å². The Morgan fingerprint density at radius 1 is 1.23 bits per heavy atom. The fraction of sp³-hybridized carbons (Fsp3) is 0.263. The highest BCUT2D eigenvalue weighted by molar-refractivity contribution is 6.06. The van der Waals surface area contributed by atoms with E-state index < -0.39 is 0 Å². The molecule has 0 aliphatic heterocycles. The van der Waals surface area contributed by atoms with Crippen molar-refractivity contribution in [2.45, 2.75) is 25.8 Å². The zero-order valence-corrected chi connectivity index (χ0v) is 14.4. The molecule has 1 aliphatic carbocycles. The third kappa shape index (κ3) is 3.28. The normalized spacial score (nSPS) is 13.4. The molecule has 1 aromatic heterocycles. The van der Waals surface area contributed by atoms with Crippen molar-refractivity contribution in [1.82, 2.24) is 20.2 Å². The molecule has 3 aromatic rings. The Morgan fingerprint density at radius 3 is 2.88 bits per heavy atom. The van der Waals surface area contributed by atoms with Crippen molar-refractivity contribution in [2.75, 3.05) is 11.9 Å². The molecule has 1 heterocycles. The van der Waals surface area contributed by atoms with Crippen molar-refractivity contribution in [2.24, 2.45) is 0 Å². The molecular weight excluding hydrogens is 330 g/mol. The lowest BCUT2D eigenvalue weighted by molar-refractivity contribution is 0.102. The number of carbonyl (C=O) groups excluding carboxylic acids is 1. The maximum absolute atomic E-state index is 12.7. The number of anilines is 1. The van der Waals surface area contributed by atoms with Crippen LogP contribution in [0.5, 0.6) is 5.75 Å². The molecule has 0 atom stereocenters. The van der Waals surface area contributed by atoms with Gasteiger partial charge in [-0.05, 0) is 54.5 Å². The van der Waals surface area contributed by atoms with Crippen LogP contribution in [-0.4, -0.2) is 32.7 Å². The SMILES string of the molecule is CCOc1ccccc1C(=O)Nc1cccc(-c2nnnn2C2CC2)c1. The minimum absolute atomic E-state index is 0.215. The van der Waals surface area contributed by atoms with E-state index >= 15 is 0 Å². The Bertz CT molecular complexity index is 933. The van der Waals surface area contributed by atoms with Crippen LogP contribution in [0.15, 0.2) is 48.5 Å². The number of hydrogen-bond acceptors (Lipinski definition) is 5. The van der Waals surface area contributed by atoms with E-state index in [1.807, 2.05) is 48.0 Å². The number of aromatic nitrogens is 4. The lowest BCUT2D eigenvalue weighted by Crippen LogP contribution is -2.13. The Kier molecular flexibility index (Phi) is 4.35. The maximum atomic E-state index is 12.7. The molecule has 7 nitrogen and oxygen atoms in total. The van der Waals surface area contributed by atoms with Gasteiger partial charge in [0.1, 0.15) is 5.75 Å². The lowest BCUT2D eigenvalue weighted by atomic mass is 10.1. The van der Waals surface area contributed by atoms with Gasteiger partial charge in [-0.15, -0.1) is 5.10 Å². The molecule has 7 heteroatoms. The summed E-state index contributed by atoms with van der Waals surface area (Å²) in [6, 6.07) is 15.1. The van der Waals surface area contributed by atoms with Crippen molar-refractivity contribution >= 4 is 11.6 Å². The number of carbonyl (C=O) groups is 1. The Labute approximate surface area is 151 Å². The third-order valence-corrected chi connectivity index (χ3v) is 4.20. The fourth-order valence-electron chi connectivity index (χ4n) is 2.82. The van der Waals surface area contributed by atoms with Gasteiger partial charge >= 0.3 is 0 Å². The van der Waals surface area contributed by atoms with E-state index in [-0.39, 0.29) is 5.91 Å². The molecule has 4 rings (SSSR count). The van der Waals surface area contributed by atoms with Crippen LogP contribution in [-0.2, 0) is 0 Å². The Balaban J connectivity index is 1.58. The number of nitrogens with zero attached hydrogens (tertiary/aromatic N) is 4. The van der Waals surface area contributed by atoms with Gasteiger partial charge in [0, 0.05) is 11.3 Å². The minimum atomic E-state index is -0.215. The number of tetrazole rings is 1. The van der Waals surface area contributed by atoms with Gasteiger partial charge in [-0.3, -0.25) is 4.79 Å². The summed E-state index contributed by atoms with van der Waals surface area (Å²) in [5, 5.41) is 14.9. The van der Waals surface area contributed by atoms with Crippen molar-refractivity contribution in [3.63, 3.8) is 0 Å². The summed E-state index contributed by atoms with van der Waals surface area (Å²) in [6.45, 7) is 2.39. The summed E-state index contributed by atoms with van der Waals surface area (Å²) in [6.07, 6.45) is 2.20. The van der Waals surface area contributed by atoms with Crippen molar-refractivity contribution in [3.8, 4) is 17.1 Å². The smallest absolute Gasteiger partial charge is 0.259 e. The molecule has 0 bridgehead atoms. The summed E-state index contributed by atoms with van der Waals surface area (Å²) in [5.41, 5.74) is 2.06. The Hall–Kier alpha value is -3.22. The number of ether oxygens (including phenoxy) is 1. The molecule has 132 valence electrons. The van der Waals surface area contributed by atoms with Gasteiger partial charge in [-0.1, -0.05) is 24.3 Å². The summed E-state index contributed by atoms with van der Waals surface area (Å²) >= 11 is 0. The second kappa shape index (κ2) is 6.95. The number of nitrogens with one attached hydrogen (secondary N) is 1. The average molecular weight is 349 g/mol. The molecule has 0 spiro atoms. The van der Waals surface area contributed by atoms with E-state index in [0.717, 1.165) is 24.2 Å². The van der Waals surface area contributed by atoms with E-state index in [1.165, 1.54) is 0 Å². The molecule has 2 aromatic carbocycles. The second-order valence-electron chi connectivity index (χ2n) is 6.14. The highest BCUT2D eigenvalue weighted by Gasteiger charge is 2.28. The van der Waals surface area contributed by atoms with Crippen LogP contribution in [0.2, 0.25) is 0 Å². The summed E-state index contributed by atoms with van der Waals surface area (Å²) in [5.74, 6) is 1.08. The monoisotopic (exact) mass is 349 g/mol. The van der Waals surface area contributed by atoms with Crippen LogP contribution in [0.3, 0.4) is 0 Å². The van der Waals surface area contributed by atoms with Crippen molar-refractivity contribution in [3.05, 3.63) is 54.1 Å². The van der Waals surface area contributed by atoms with Crippen LogP contribution in [0, 0.1) is 0 Å². The molecule has 1 saturated carbocycles. The predicted molar refractivity (Wildman–Crippen MR) is 97.1 cm³/mol. The van der Waals surface area contributed by atoms with E-state index in [1.54, 1.807) is 12.1 Å². The van der Waals surface area contributed by atoms with Gasteiger partial charge in [0.2, 0.25) is 0 Å². The first kappa shape index (κ1) is 16.3. The van der Waals surface area contributed by atoms with Gasteiger partial charge < -0.3 is 10.1 Å². The van der Waals surface area contributed by atoms with E-state index in [9.17, 15) is 4.79 Å². The number of hydrogen-bond donors (Lipinski definition) is 1. The first-order valence-electron chi connectivity index (χ1n) is 8.67. The van der Waals surface area contributed by atoms with Crippen LogP contribution in [0.1, 0.15) is 36.2 Å².